The van der Waals surface area contributed by atoms with E-state index in [-0.39, 0.29) is 0 Å². The SMILES string of the molecule is COc1ccc(OC)c(-c2[nH]c3ccc(Cl)cc3c2C#N)c1. The summed E-state index contributed by atoms with van der Waals surface area (Å²) < 4.78 is 10.7. The van der Waals surface area contributed by atoms with Crippen LogP contribution in [0.25, 0.3) is 22.2 Å². The second kappa shape index (κ2) is 5.63. The molecule has 5 heteroatoms. The first-order chi connectivity index (χ1) is 10.7. The number of aromatic amines is 1. The number of hydrogen-bond acceptors (Lipinski definition) is 3. The van der Waals surface area contributed by atoms with Crippen molar-refractivity contribution in [1.29, 1.82) is 5.26 Å². The maximum Gasteiger partial charge on any atom is 0.128 e. The van der Waals surface area contributed by atoms with Crippen molar-refractivity contribution in [2.75, 3.05) is 14.2 Å². The zero-order chi connectivity index (χ0) is 15.7. The van der Waals surface area contributed by atoms with Gasteiger partial charge in [0.2, 0.25) is 0 Å². The van der Waals surface area contributed by atoms with E-state index in [2.05, 4.69) is 11.1 Å². The number of fused-ring (bicyclic) bond motifs is 1. The molecule has 0 aliphatic heterocycles. The van der Waals surface area contributed by atoms with Crippen LogP contribution in [0.4, 0.5) is 0 Å². The standard InChI is InChI=1S/C17H13ClN2O2/c1-21-11-4-6-16(22-2)13(8-11)17-14(9-19)12-7-10(18)3-5-15(12)20-17/h3-8,20H,1-2H3. The normalized spacial score (nSPS) is 10.5. The van der Waals surface area contributed by atoms with Crippen LogP contribution >= 0.6 is 11.6 Å². The van der Waals surface area contributed by atoms with Crippen molar-refractivity contribution in [2.24, 2.45) is 0 Å². The van der Waals surface area contributed by atoms with Gasteiger partial charge in [0.1, 0.15) is 17.6 Å². The summed E-state index contributed by atoms with van der Waals surface area (Å²) in [6, 6.07) is 13.1. The molecule has 22 heavy (non-hydrogen) atoms. The van der Waals surface area contributed by atoms with Gasteiger partial charge in [-0.25, -0.2) is 0 Å². The Morgan fingerprint density at radius 2 is 1.91 bits per heavy atom. The molecular weight excluding hydrogens is 300 g/mol. The molecule has 0 radical (unpaired) electrons. The molecule has 1 N–H and O–H groups in total. The number of hydrogen-bond donors (Lipinski definition) is 1. The van der Waals surface area contributed by atoms with E-state index in [0.717, 1.165) is 16.5 Å². The summed E-state index contributed by atoms with van der Waals surface area (Å²) in [5.41, 5.74) is 2.84. The average Bonchev–Trinajstić information content (AvgIpc) is 2.91. The Bertz CT molecular complexity index is 894. The highest BCUT2D eigenvalue weighted by molar-refractivity contribution is 6.31. The summed E-state index contributed by atoms with van der Waals surface area (Å²) >= 11 is 6.04. The van der Waals surface area contributed by atoms with E-state index in [1.165, 1.54) is 0 Å². The molecule has 0 aliphatic rings. The first-order valence-corrected chi connectivity index (χ1v) is 6.99. The van der Waals surface area contributed by atoms with Crippen LogP contribution in [0.15, 0.2) is 36.4 Å². The molecule has 110 valence electrons. The van der Waals surface area contributed by atoms with Gasteiger partial charge in [-0.05, 0) is 36.4 Å². The zero-order valence-corrected chi connectivity index (χ0v) is 12.9. The second-order valence-corrected chi connectivity index (χ2v) is 5.18. The summed E-state index contributed by atoms with van der Waals surface area (Å²) in [6.45, 7) is 0. The molecule has 0 amide bonds. The van der Waals surface area contributed by atoms with Gasteiger partial charge in [-0.3, -0.25) is 0 Å². The lowest BCUT2D eigenvalue weighted by molar-refractivity contribution is 0.404. The molecule has 0 saturated heterocycles. The molecule has 3 rings (SSSR count). The summed E-state index contributed by atoms with van der Waals surface area (Å²) in [5, 5.41) is 10.9. The van der Waals surface area contributed by atoms with Crippen LogP contribution in [0, 0.1) is 11.3 Å². The molecule has 0 unspecified atom stereocenters. The third kappa shape index (κ3) is 2.26. The fourth-order valence-corrected chi connectivity index (χ4v) is 2.66. The number of ether oxygens (including phenoxy) is 2. The lowest BCUT2D eigenvalue weighted by Crippen LogP contribution is -1.91. The minimum atomic E-state index is 0.532. The number of nitrogens with zero attached hydrogens (tertiary/aromatic N) is 1. The number of halogens is 1. The Morgan fingerprint density at radius 3 is 2.59 bits per heavy atom. The lowest BCUT2D eigenvalue weighted by Gasteiger charge is -2.09. The minimum Gasteiger partial charge on any atom is -0.497 e. The van der Waals surface area contributed by atoms with Crippen molar-refractivity contribution in [1.82, 2.24) is 4.98 Å². The quantitative estimate of drug-likeness (QED) is 0.781. The van der Waals surface area contributed by atoms with E-state index in [1.807, 2.05) is 24.3 Å². The molecule has 4 nitrogen and oxygen atoms in total. The Balaban J connectivity index is 2.33. The highest BCUT2D eigenvalue weighted by atomic mass is 35.5. The van der Waals surface area contributed by atoms with Gasteiger partial charge in [-0.2, -0.15) is 5.26 Å². The second-order valence-electron chi connectivity index (χ2n) is 4.74. The number of rotatable bonds is 3. The van der Waals surface area contributed by atoms with Crippen molar-refractivity contribution < 1.29 is 9.47 Å². The Hall–Kier alpha value is -2.64. The van der Waals surface area contributed by atoms with Crippen LogP contribution in [0.3, 0.4) is 0 Å². The lowest BCUT2D eigenvalue weighted by atomic mass is 10.0. The molecule has 0 spiro atoms. The molecule has 0 saturated carbocycles. The smallest absolute Gasteiger partial charge is 0.128 e. The fourth-order valence-electron chi connectivity index (χ4n) is 2.49. The highest BCUT2D eigenvalue weighted by Crippen LogP contribution is 2.38. The minimum absolute atomic E-state index is 0.532. The van der Waals surface area contributed by atoms with E-state index >= 15 is 0 Å². The van der Waals surface area contributed by atoms with Crippen LogP contribution in [0.2, 0.25) is 5.02 Å². The van der Waals surface area contributed by atoms with E-state index in [4.69, 9.17) is 21.1 Å². The Kier molecular flexibility index (Phi) is 3.66. The van der Waals surface area contributed by atoms with E-state index < -0.39 is 0 Å². The van der Waals surface area contributed by atoms with E-state index in [0.29, 0.717) is 27.8 Å². The van der Waals surface area contributed by atoms with Crippen molar-refractivity contribution in [3.63, 3.8) is 0 Å². The van der Waals surface area contributed by atoms with E-state index in [9.17, 15) is 5.26 Å². The number of nitriles is 1. The predicted molar refractivity (Wildman–Crippen MR) is 86.6 cm³/mol. The first-order valence-electron chi connectivity index (χ1n) is 6.61. The molecule has 0 fully saturated rings. The molecule has 2 aromatic carbocycles. The molecular formula is C17H13ClN2O2. The third-order valence-electron chi connectivity index (χ3n) is 3.55. The maximum atomic E-state index is 9.56. The maximum absolute atomic E-state index is 9.56. The van der Waals surface area contributed by atoms with Crippen LogP contribution in [0.1, 0.15) is 5.56 Å². The van der Waals surface area contributed by atoms with Crippen molar-refractivity contribution in [3.8, 4) is 28.8 Å². The molecule has 1 aromatic heterocycles. The third-order valence-corrected chi connectivity index (χ3v) is 3.78. The number of H-pyrrole nitrogens is 1. The first kappa shape index (κ1) is 14.3. The van der Waals surface area contributed by atoms with Gasteiger partial charge >= 0.3 is 0 Å². The van der Waals surface area contributed by atoms with Gasteiger partial charge < -0.3 is 14.5 Å². The monoisotopic (exact) mass is 312 g/mol. The molecule has 0 bridgehead atoms. The topological polar surface area (TPSA) is 58.0 Å². The Labute approximate surface area is 132 Å². The average molecular weight is 313 g/mol. The predicted octanol–water partition coefficient (Wildman–Crippen LogP) is 4.38. The zero-order valence-electron chi connectivity index (χ0n) is 12.1. The summed E-state index contributed by atoms with van der Waals surface area (Å²) in [6.07, 6.45) is 0. The van der Waals surface area contributed by atoms with Crippen molar-refractivity contribution >= 4 is 22.5 Å². The van der Waals surface area contributed by atoms with Crippen molar-refractivity contribution in [3.05, 3.63) is 47.0 Å². The summed E-state index contributed by atoms with van der Waals surface area (Å²) in [7, 11) is 3.19. The van der Waals surface area contributed by atoms with Crippen LogP contribution < -0.4 is 9.47 Å². The van der Waals surface area contributed by atoms with Gasteiger partial charge in [-0.15, -0.1) is 0 Å². The van der Waals surface area contributed by atoms with Gasteiger partial charge in [0, 0.05) is 21.5 Å². The highest BCUT2D eigenvalue weighted by Gasteiger charge is 2.17. The molecule has 0 aliphatic carbocycles. The van der Waals surface area contributed by atoms with E-state index in [1.54, 1.807) is 26.4 Å². The molecule has 1 heterocycles. The summed E-state index contributed by atoms with van der Waals surface area (Å²) in [5.74, 6) is 1.35. The van der Waals surface area contributed by atoms with Gasteiger partial charge in [0.05, 0.1) is 25.5 Å². The van der Waals surface area contributed by atoms with Crippen molar-refractivity contribution in [2.45, 2.75) is 0 Å². The number of benzene rings is 2. The number of methoxy groups -OCH3 is 2. The fraction of sp³-hybridized carbons (Fsp3) is 0.118. The largest absolute Gasteiger partial charge is 0.497 e. The van der Waals surface area contributed by atoms with Gasteiger partial charge in [-0.1, -0.05) is 11.6 Å². The number of aromatic nitrogens is 1. The Morgan fingerprint density at radius 1 is 1.09 bits per heavy atom. The summed E-state index contributed by atoms with van der Waals surface area (Å²) in [4.78, 5) is 3.27. The van der Waals surface area contributed by atoms with Crippen LogP contribution in [-0.4, -0.2) is 19.2 Å². The van der Waals surface area contributed by atoms with Gasteiger partial charge in [0.25, 0.3) is 0 Å². The molecule has 3 aromatic rings. The molecule has 0 atom stereocenters. The van der Waals surface area contributed by atoms with Crippen LogP contribution in [-0.2, 0) is 0 Å². The van der Waals surface area contributed by atoms with Crippen LogP contribution in [0.5, 0.6) is 11.5 Å². The number of nitrogens with one attached hydrogen (secondary N) is 1. The van der Waals surface area contributed by atoms with Gasteiger partial charge in [0.15, 0.2) is 0 Å².